The van der Waals surface area contributed by atoms with Gasteiger partial charge in [0.2, 0.25) is 0 Å². The average molecular weight is 237 g/mol. The second kappa shape index (κ2) is 4.38. The minimum Gasteiger partial charge on any atom is -0.383 e. The zero-order valence-corrected chi connectivity index (χ0v) is 9.88. The van der Waals surface area contributed by atoms with Gasteiger partial charge in [0.25, 0.3) is 5.89 Å². The summed E-state index contributed by atoms with van der Waals surface area (Å²) in [5.74, 6) is 3.17. The summed E-state index contributed by atoms with van der Waals surface area (Å²) in [5, 5.41) is 13.8. The molecule has 5 heteroatoms. The number of nitrogens with two attached hydrogens (primary N) is 1. The lowest BCUT2D eigenvalue weighted by atomic mass is 9.88. The molecule has 17 heavy (non-hydrogen) atoms. The molecule has 3 rings (SSSR count). The van der Waals surface area contributed by atoms with Crippen molar-refractivity contribution >= 4 is 0 Å². The molecule has 2 bridgehead atoms. The minimum atomic E-state index is -0.708. The van der Waals surface area contributed by atoms with Gasteiger partial charge in [0.1, 0.15) is 6.10 Å². The summed E-state index contributed by atoms with van der Waals surface area (Å²) >= 11 is 0. The Labute approximate surface area is 100 Å². The third-order valence-corrected chi connectivity index (χ3v) is 4.25. The maximum absolute atomic E-state index is 9.73. The second-order valence-corrected chi connectivity index (χ2v) is 5.37. The van der Waals surface area contributed by atoms with Crippen LogP contribution in [0.15, 0.2) is 4.52 Å². The Hall–Kier alpha value is -0.940. The summed E-state index contributed by atoms with van der Waals surface area (Å²) in [6.45, 7) is 0.424. The Kier molecular flexibility index (Phi) is 2.88. The summed E-state index contributed by atoms with van der Waals surface area (Å²) in [5.41, 5.74) is 5.40. The summed E-state index contributed by atoms with van der Waals surface area (Å²) in [4.78, 5) is 4.35. The fourth-order valence-electron chi connectivity index (χ4n) is 3.38. The highest BCUT2D eigenvalue weighted by Crippen LogP contribution is 2.52. The maximum atomic E-state index is 9.73. The van der Waals surface area contributed by atoms with Gasteiger partial charge in [-0.25, -0.2) is 0 Å². The first-order valence-corrected chi connectivity index (χ1v) is 6.49. The molecule has 2 aliphatic rings. The van der Waals surface area contributed by atoms with Crippen LogP contribution in [0, 0.1) is 11.8 Å². The standard InChI is InChI=1S/C12H19N3O2/c13-4-3-10(16)12-14-11(15-17-12)9-6-7-1-2-8(9)5-7/h7-10,16H,1-6,13H2/t7?,8?,9?,10-/m0/s1. The number of aromatic nitrogens is 2. The SMILES string of the molecule is NCC[C@H](O)c1nc(C2CC3CCC2C3)no1. The van der Waals surface area contributed by atoms with Crippen LogP contribution >= 0.6 is 0 Å². The highest BCUT2D eigenvalue weighted by molar-refractivity contribution is 5.06. The third kappa shape index (κ3) is 1.98. The van der Waals surface area contributed by atoms with Crippen molar-refractivity contribution in [3.63, 3.8) is 0 Å². The Morgan fingerprint density at radius 2 is 2.29 bits per heavy atom. The van der Waals surface area contributed by atoms with E-state index in [4.69, 9.17) is 10.3 Å². The molecule has 0 saturated heterocycles. The number of hydrogen-bond acceptors (Lipinski definition) is 5. The number of rotatable bonds is 4. The van der Waals surface area contributed by atoms with Gasteiger partial charge in [-0.05, 0) is 44.1 Å². The van der Waals surface area contributed by atoms with Crippen molar-refractivity contribution in [3.05, 3.63) is 11.7 Å². The van der Waals surface area contributed by atoms with E-state index in [9.17, 15) is 5.11 Å². The normalized spacial score (nSPS) is 33.2. The zero-order valence-electron chi connectivity index (χ0n) is 9.88. The topological polar surface area (TPSA) is 85.2 Å². The molecule has 2 aliphatic carbocycles. The van der Waals surface area contributed by atoms with Crippen LogP contribution < -0.4 is 5.73 Å². The zero-order chi connectivity index (χ0) is 11.8. The molecular formula is C12H19N3O2. The van der Waals surface area contributed by atoms with Crippen molar-refractivity contribution in [1.82, 2.24) is 10.1 Å². The molecule has 1 aromatic rings. The first-order valence-electron chi connectivity index (χ1n) is 6.49. The van der Waals surface area contributed by atoms with E-state index in [2.05, 4.69) is 10.1 Å². The fourth-order valence-corrected chi connectivity index (χ4v) is 3.38. The molecule has 1 aromatic heterocycles. The number of nitrogens with zero attached hydrogens (tertiary/aromatic N) is 2. The Morgan fingerprint density at radius 1 is 1.41 bits per heavy atom. The van der Waals surface area contributed by atoms with Gasteiger partial charge >= 0.3 is 0 Å². The molecule has 2 fully saturated rings. The summed E-state index contributed by atoms with van der Waals surface area (Å²) in [6, 6.07) is 0. The van der Waals surface area contributed by atoms with Crippen molar-refractivity contribution in [1.29, 1.82) is 0 Å². The van der Waals surface area contributed by atoms with Gasteiger partial charge in [0.15, 0.2) is 5.82 Å². The van der Waals surface area contributed by atoms with E-state index >= 15 is 0 Å². The summed E-state index contributed by atoms with van der Waals surface area (Å²) in [6.07, 6.45) is 4.93. The third-order valence-electron chi connectivity index (χ3n) is 4.25. The maximum Gasteiger partial charge on any atom is 0.255 e. The molecule has 0 radical (unpaired) electrons. The van der Waals surface area contributed by atoms with Gasteiger partial charge in [0.05, 0.1) is 0 Å². The first-order chi connectivity index (χ1) is 8.28. The quantitative estimate of drug-likeness (QED) is 0.825. The van der Waals surface area contributed by atoms with Gasteiger partial charge in [-0.1, -0.05) is 11.6 Å². The Morgan fingerprint density at radius 3 is 2.94 bits per heavy atom. The molecule has 0 aromatic carbocycles. The molecule has 4 atom stereocenters. The predicted molar refractivity (Wildman–Crippen MR) is 61.1 cm³/mol. The molecule has 0 spiro atoms. The largest absolute Gasteiger partial charge is 0.383 e. The fraction of sp³-hybridized carbons (Fsp3) is 0.833. The van der Waals surface area contributed by atoms with Gasteiger partial charge < -0.3 is 15.4 Å². The predicted octanol–water partition coefficient (Wildman–Crippen LogP) is 1.36. The molecular weight excluding hydrogens is 218 g/mol. The van der Waals surface area contributed by atoms with E-state index in [0.717, 1.165) is 17.7 Å². The van der Waals surface area contributed by atoms with Crippen LogP contribution in [0.1, 0.15) is 55.8 Å². The molecule has 0 aliphatic heterocycles. The second-order valence-electron chi connectivity index (χ2n) is 5.37. The number of aliphatic hydroxyl groups excluding tert-OH is 1. The Balaban J connectivity index is 1.72. The van der Waals surface area contributed by atoms with Gasteiger partial charge in [0, 0.05) is 5.92 Å². The molecule has 1 heterocycles. The van der Waals surface area contributed by atoms with Crippen LogP contribution in [0.4, 0.5) is 0 Å². The van der Waals surface area contributed by atoms with Crippen molar-refractivity contribution in [2.75, 3.05) is 6.54 Å². The van der Waals surface area contributed by atoms with E-state index in [1.807, 2.05) is 0 Å². The van der Waals surface area contributed by atoms with Crippen molar-refractivity contribution in [2.45, 2.75) is 44.1 Å². The van der Waals surface area contributed by atoms with Crippen LogP contribution in [0.2, 0.25) is 0 Å². The Bertz CT molecular complexity index is 393. The highest BCUT2D eigenvalue weighted by atomic mass is 16.5. The number of aliphatic hydroxyl groups is 1. The molecule has 3 unspecified atom stereocenters. The van der Waals surface area contributed by atoms with Gasteiger partial charge in [-0.15, -0.1) is 0 Å². The van der Waals surface area contributed by atoms with E-state index < -0.39 is 6.10 Å². The lowest BCUT2D eigenvalue weighted by molar-refractivity contribution is 0.127. The van der Waals surface area contributed by atoms with Crippen LogP contribution in [-0.4, -0.2) is 21.8 Å². The van der Waals surface area contributed by atoms with Gasteiger partial charge in [-0.3, -0.25) is 0 Å². The molecule has 0 amide bonds. The van der Waals surface area contributed by atoms with E-state index in [0.29, 0.717) is 24.8 Å². The molecule has 5 nitrogen and oxygen atoms in total. The lowest BCUT2D eigenvalue weighted by Crippen LogP contribution is -2.11. The van der Waals surface area contributed by atoms with E-state index in [1.54, 1.807) is 0 Å². The van der Waals surface area contributed by atoms with E-state index in [-0.39, 0.29) is 0 Å². The van der Waals surface area contributed by atoms with Gasteiger partial charge in [-0.2, -0.15) is 4.98 Å². The molecule has 2 saturated carbocycles. The molecule has 3 N–H and O–H groups in total. The lowest BCUT2D eigenvalue weighted by Gasteiger charge is -2.17. The van der Waals surface area contributed by atoms with Crippen molar-refractivity contribution in [2.24, 2.45) is 17.6 Å². The monoisotopic (exact) mass is 237 g/mol. The smallest absolute Gasteiger partial charge is 0.255 e. The van der Waals surface area contributed by atoms with E-state index in [1.165, 1.54) is 25.7 Å². The highest BCUT2D eigenvalue weighted by Gasteiger charge is 2.42. The first kappa shape index (κ1) is 11.2. The number of fused-ring (bicyclic) bond motifs is 2. The number of hydrogen-bond donors (Lipinski definition) is 2. The average Bonchev–Trinajstić information content (AvgIpc) is 3.05. The summed E-state index contributed by atoms with van der Waals surface area (Å²) in [7, 11) is 0. The van der Waals surface area contributed by atoms with Crippen molar-refractivity contribution in [3.8, 4) is 0 Å². The van der Waals surface area contributed by atoms with Crippen LogP contribution in [0.3, 0.4) is 0 Å². The summed E-state index contributed by atoms with van der Waals surface area (Å²) < 4.78 is 5.13. The molecule has 94 valence electrons. The van der Waals surface area contributed by atoms with Crippen LogP contribution in [0.25, 0.3) is 0 Å². The van der Waals surface area contributed by atoms with Crippen molar-refractivity contribution < 1.29 is 9.63 Å². The minimum absolute atomic E-state index is 0.327. The van der Waals surface area contributed by atoms with Crippen LogP contribution in [0.5, 0.6) is 0 Å². The van der Waals surface area contributed by atoms with Crippen LogP contribution in [-0.2, 0) is 0 Å².